The first-order valence-electron chi connectivity index (χ1n) is 12.8. The molecule has 2 fully saturated rings. The number of halogens is 2. The van der Waals surface area contributed by atoms with E-state index in [4.69, 9.17) is 0 Å². The number of ketones is 1. The molecule has 2 amide bonds. The summed E-state index contributed by atoms with van der Waals surface area (Å²) >= 11 is 0. The summed E-state index contributed by atoms with van der Waals surface area (Å²) in [6.45, 7) is 3.72. The highest BCUT2D eigenvalue weighted by atomic mass is 19.1. The number of piperidine rings is 1. The molecular weight excluding hydrogens is 450 g/mol. The number of nitrogens with one attached hydrogen (secondary N) is 1. The first-order chi connectivity index (χ1) is 16.7. The Bertz CT molecular complexity index is 1080. The number of alkyl halides is 1. The number of nitrogens with zero attached hydrogens (tertiary/aromatic N) is 1. The van der Waals surface area contributed by atoms with E-state index in [0.717, 1.165) is 32.1 Å². The quantitative estimate of drug-likeness (QED) is 0.536. The third kappa shape index (κ3) is 5.25. The van der Waals surface area contributed by atoms with Crippen LogP contribution in [0.2, 0.25) is 0 Å². The minimum absolute atomic E-state index is 0. The summed E-state index contributed by atoms with van der Waals surface area (Å²) in [5, 5.41) is 2.79. The van der Waals surface area contributed by atoms with E-state index in [9.17, 15) is 14.4 Å². The van der Waals surface area contributed by atoms with Crippen LogP contribution in [0.5, 0.6) is 0 Å². The van der Waals surface area contributed by atoms with E-state index < -0.39 is 23.4 Å². The Morgan fingerprint density at radius 3 is 2.51 bits per heavy atom. The van der Waals surface area contributed by atoms with Crippen LogP contribution in [0.25, 0.3) is 0 Å². The minimum atomic E-state index is -2.10. The zero-order valence-electron chi connectivity index (χ0n) is 20.5. The van der Waals surface area contributed by atoms with Crippen LogP contribution in [0, 0.1) is 17.7 Å². The minimum Gasteiger partial charge on any atom is -0.342 e. The molecule has 1 saturated carbocycles. The number of carbonyl (C=O) groups excluding carboxylic acids is 3. The van der Waals surface area contributed by atoms with Gasteiger partial charge in [-0.15, -0.1) is 5.73 Å². The van der Waals surface area contributed by atoms with Gasteiger partial charge in [0.25, 0.3) is 11.8 Å². The topological polar surface area (TPSA) is 66.5 Å². The Balaban J connectivity index is 0.00000361. The molecule has 1 heterocycles. The predicted molar refractivity (Wildman–Crippen MR) is 131 cm³/mol. The van der Waals surface area contributed by atoms with E-state index in [1.54, 1.807) is 19.9 Å². The molecule has 1 aromatic carbocycles. The van der Waals surface area contributed by atoms with Crippen molar-refractivity contribution in [1.82, 2.24) is 10.2 Å². The molecule has 7 heteroatoms. The predicted octanol–water partition coefficient (Wildman–Crippen LogP) is 5.25. The number of hydrogen-bond acceptors (Lipinski definition) is 3. The average Bonchev–Trinajstić information content (AvgIpc) is 2.81. The van der Waals surface area contributed by atoms with Gasteiger partial charge in [-0.05, 0) is 43.7 Å². The van der Waals surface area contributed by atoms with Gasteiger partial charge in [-0.1, -0.05) is 45.2 Å². The van der Waals surface area contributed by atoms with Gasteiger partial charge in [-0.25, -0.2) is 8.78 Å². The molecule has 0 aromatic heterocycles. The summed E-state index contributed by atoms with van der Waals surface area (Å²) in [6.07, 6.45) is 7.49. The molecule has 0 radical (unpaired) electrons. The fraction of sp³-hybridized carbons (Fsp3) is 0.571. The molecule has 3 aliphatic rings. The number of Topliss-reactive ketones (excluding diaryl/α,β-unsaturated/α-hetero) is 1. The lowest BCUT2D eigenvalue weighted by Gasteiger charge is -2.38. The zero-order valence-corrected chi connectivity index (χ0v) is 20.5. The lowest BCUT2D eigenvalue weighted by Crippen LogP contribution is -2.49. The second-order valence-electron chi connectivity index (χ2n) is 10.4. The summed E-state index contributed by atoms with van der Waals surface area (Å²) < 4.78 is 31.8. The molecule has 0 unspecified atom stereocenters. The van der Waals surface area contributed by atoms with Crippen LogP contribution in [-0.2, 0) is 15.3 Å². The third-order valence-corrected chi connectivity index (χ3v) is 7.58. The van der Waals surface area contributed by atoms with Gasteiger partial charge in [0.15, 0.2) is 11.5 Å². The zero-order chi connectivity index (χ0) is 25.2. The Kier molecular flexibility index (Phi) is 7.56. The molecule has 4 rings (SSSR count). The van der Waals surface area contributed by atoms with Crippen molar-refractivity contribution in [3.63, 3.8) is 0 Å². The number of hydrogen-bond donors (Lipinski definition) is 1. The maximum atomic E-state index is 16.1. The maximum Gasteiger partial charge on any atom is 0.258 e. The molecule has 1 aliphatic heterocycles. The maximum absolute atomic E-state index is 16.1. The van der Waals surface area contributed by atoms with Gasteiger partial charge >= 0.3 is 0 Å². The van der Waals surface area contributed by atoms with Crippen LogP contribution >= 0.6 is 0 Å². The second-order valence-corrected chi connectivity index (χ2v) is 10.4. The lowest BCUT2D eigenvalue weighted by atomic mass is 9.80. The van der Waals surface area contributed by atoms with E-state index >= 15 is 8.78 Å². The standard InChI is InChI=1S/C28H34F2N2O3.H2/c1-18(2)25(33)24(19-9-4-3-5-10-19)31-26(34)21-13-7-14-22(23(21)29)28(30)15-8-16-32(17-28)27(35)20-11-6-12-20;/h6-7,13-14,18-19,24H,3-5,8-11,15-17H2,1-2H3,(H,31,34);1H/t24-,28+;/m1./s1. The first-order valence-corrected chi connectivity index (χ1v) is 12.8. The largest absolute Gasteiger partial charge is 0.342 e. The Labute approximate surface area is 207 Å². The van der Waals surface area contributed by atoms with Crippen molar-refractivity contribution in [2.75, 3.05) is 13.1 Å². The van der Waals surface area contributed by atoms with E-state index in [1.165, 1.54) is 23.1 Å². The summed E-state index contributed by atoms with van der Waals surface area (Å²) in [5.41, 5.74) is 0.748. The molecule has 5 nitrogen and oxygen atoms in total. The molecule has 2 aliphatic carbocycles. The van der Waals surface area contributed by atoms with Crippen molar-refractivity contribution < 1.29 is 24.6 Å². The van der Waals surface area contributed by atoms with Crippen molar-refractivity contribution in [2.24, 2.45) is 11.8 Å². The van der Waals surface area contributed by atoms with Crippen molar-refractivity contribution >= 4 is 17.6 Å². The molecular formula is C28H36F2N2O3. The second kappa shape index (κ2) is 10.4. The van der Waals surface area contributed by atoms with Crippen LogP contribution < -0.4 is 5.32 Å². The van der Waals surface area contributed by atoms with Gasteiger partial charge in [0.2, 0.25) is 0 Å². The van der Waals surface area contributed by atoms with E-state index in [1.807, 2.05) is 0 Å². The molecule has 0 bridgehead atoms. The number of rotatable bonds is 7. The van der Waals surface area contributed by atoms with Crippen molar-refractivity contribution in [1.29, 1.82) is 0 Å². The van der Waals surface area contributed by atoms with Gasteiger partial charge in [-0.3, -0.25) is 14.4 Å². The summed E-state index contributed by atoms with van der Waals surface area (Å²) in [4.78, 5) is 40.1. The first kappa shape index (κ1) is 25.3. The van der Waals surface area contributed by atoms with Crippen LogP contribution in [0.1, 0.15) is 82.6 Å². The van der Waals surface area contributed by atoms with Gasteiger partial charge < -0.3 is 10.2 Å². The molecule has 1 saturated heterocycles. The summed E-state index contributed by atoms with van der Waals surface area (Å²) in [6, 6.07) is 3.45. The fourth-order valence-electron chi connectivity index (χ4n) is 5.47. The smallest absolute Gasteiger partial charge is 0.258 e. The molecule has 0 spiro atoms. The van der Waals surface area contributed by atoms with Crippen LogP contribution in [0.3, 0.4) is 0 Å². The molecule has 35 heavy (non-hydrogen) atoms. The van der Waals surface area contributed by atoms with Crippen molar-refractivity contribution in [3.05, 3.63) is 52.5 Å². The molecule has 1 N–H and O–H groups in total. The molecule has 2 atom stereocenters. The fourth-order valence-corrected chi connectivity index (χ4v) is 5.47. The van der Waals surface area contributed by atoms with Crippen LogP contribution in [0.15, 0.2) is 35.6 Å². The highest BCUT2D eigenvalue weighted by Crippen LogP contribution is 2.38. The van der Waals surface area contributed by atoms with Crippen LogP contribution in [0.4, 0.5) is 8.78 Å². The Morgan fingerprint density at radius 2 is 1.89 bits per heavy atom. The summed E-state index contributed by atoms with van der Waals surface area (Å²) in [7, 11) is 0. The number of benzene rings is 1. The highest BCUT2D eigenvalue weighted by Gasteiger charge is 2.42. The van der Waals surface area contributed by atoms with Gasteiger partial charge in [0, 0.05) is 25.9 Å². The number of amides is 2. The lowest BCUT2D eigenvalue weighted by molar-refractivity contribution is -0.131. The normalized spacial score (nSPS) is 23.5. The monoisotopic (exact) mass is 486 g/mol. The molecule has 1 aromatic rings. The van der Waals surface area contributed by atoms with Crippen molar-refractivity contribution in [3.8, 4) is 0 Å². The number of carbonyl (C=O) groups is 3. The highest BCUT2D eigenvalue weighted by molar-refractivity contribution is 5.99. The van der Waals surface area contributed by atoms with Gasteiger partial charge in [-0.2, -0.15) is 0 Å². The Morgan fingerprint density at radius 1 is 1.17 bits per heavy atom. The van der Waals surface area contributed by atoms with E-state index in [0.29, 0.717) is 25.0 Å². The van der Waals surface area contributed by atoms with Gasteiger partial charge in [0.1, 0.15) is 5.82 Å². The van der Waals surface area contributed by atoms with E-state index in [-0.39, 0.29) is 49.0 Å². The van der Waals surface area contributed by atoms with Gasteiger partial charge in [0.05, 0.1) is 23.7 Å². The average molecular weight is 487 g/mol. The van der Waals surface area contributed by atoms with Crippen LogP contribution in [-0.4, -0.2) is 41.6 Å². The summed E-state index contributed by atoms with van der Waals surface area (Å²) in [5.74, 6) is -2.21. The Hall–Kier alpha value is -2.79. The van der Waals surface area contributed by atoms with Crippen molar-refractivity contribution in [2.45, 2.75) is 76.9 Å². The third-order valence-electron chi connectivity index (χ3n) is 7.58. The van der Waals surface area contributed by atoms with E-state index in [2.05, 4.69) is 11.0 Å². The SMILES string of the molecule is CC(C)C(=O)[C@H](NC(=O)c1cccc([C@]2(F)CCCN(C(=O)C3=C=CC3)C2)c1F)C1CCCCC1.[HH]. The number of likely N-dealkylation sites (tertiary alicyclic amines) is 1. The molecule has 190 valence electrons.